The van der Waals surface area contributed by atoms with E-state index in [0.29, 0.717) is 0 Å². The van der Waals surface area contributed by atoms with Crippen molar-refractivity contribution in [3.63, 3.8) is 0 Å². The Kier molecular flexibility index (Phi) is 1.50. The van der Waals surface area contributed by atoms with E-state index in [-0.39, 0.29) is 6.61 Å². The topological polar surface area (TPSA) is 25.2 Å². The Morgan fingerprint density at radius 1 is 1.55 bits per heavy atom. The molecule has 1 heterocycles. The molecule has 0 saturated carbocycles. The van der Waals surface area contributed by atoms with Crippen LogP contribution in [0.2, 0.25) is 0 Å². The quantitative estimate of drug-likeness (QED) is 0.636. The molecule has 0 bridgehead atoms. The van der Waals surface area contributed by atoms with Crippen LogP contribution in [0.1, 0.15) is 23.4 Å². The molecule has 2 rings (SSSR count). The van der Waals surface area contributed by atoms with E-state index in [9.17, 15) is 0 Å². The number of rotatable bonds is 1. The lowest BCUT2D eigenvalue weighted by Crippen LogP contribution is -1.99. The van der Waals surface area contributed by atoms with Crippen molar-refractivity contribution in [2.24, 2.45) is 7.05 Å². The number of aliphatic hydroxyl groups excluding tert-OH is 1. The molecule has 0 unspecified atom stereocenters. The minimum Gasteiger partial charge on any atom is -0.390 e. The summed E-state index contributed by atoms with van der Waals surface area (Å²) in [6.07, 6.45) is 3.67. The summed E-state index contributed by atoms with van der Waals surface area (Å²) in [5.74, 6) is 0. The molecule has 11 heavy (non-hydrogen) atoms. The molecule has 1 aliphatic carbocycles. The SMILES string of the molecule is Cn1c(CO)cc2c1CCC2. The largest absolute Gasteiger partial charge is 0.390 e. The highest BCUT2D eigenvalue weighted by atomic mass is 16.3. The second kappa shape index (κ2) is 2.38. The third-order valence-corrected chi connectivity index (χ3v) is 2.57. The van der Waals surface area contributed by atoms with Gasteiger partial charge in [-0.3, -0.25) is 0 Å². The van der Waals surface area contributed by atoms with Gasteiger partial charge in [0.1, 0.15) is 0 Å². The van der Waals surface area contributed by atoms with Gasteiger partial charge in [0.25, 0.3) is 0 Å². The Hall–Kier alpha value is -0.760. The molecule has 0 aromatic carbocycles. The molecular formula is C9H13NO. The molecule has 0 amide bonds. The van der Waals surface area contributed by atoms with E-state index in [1.54, 1.807) is 0 Å². The van der Waals surface area contributed by atoms with Crippen molar-refractivity contribution >= 4 is 0 Å². The maximum absolute atomic E-state index is 8.95. The van der Waals surface area contributed by atoms with Gasteiger partial charge in [0.15, 0.2) is 0 Å². The van der Waals surface area contributed by atoms with Gasteiger partial charge in [0.05, 0.1) is 6.61 Å². The van der Waals surface area contributed by atoms with Gasteiger partial charge in [0, 0.05) is 18.4 Å². The third kappa shape index (κ3) is 0.897. The van der Waals surface area contributed by atoms with Gasteiger partial charge < -0.3 is 9.67 Å². The highest BCUT2D eigenvalue weighted by Crippen LogP contribution is 2.24. The van der Waals surface area contributed by atoms with Crippen LogP contribution in [0.15, 0.2) is 6.07 Å². The lowest BCUT2D eigenvalue weighted by atomic mass is 10.2. The van der Waals surface area contributed by atoms with Crippen LogP contribution in [-0.2, 0) is 26.5 Å². The third-order valence-electron chi connectivity index (χ3n) is 2.57. The van der Waals surface area contributed by atoms with Crippen LogP contribution in [0.25, 0.3) is 0 Å². The second-order valence-electron chi connectivity index (χ2n) is 3.18. The Labute approximate surface area is 66.5 Å². The predicted molar refractivity (Wildman–Crippen MR) is 43.4 cm³/mol. The van der Waals surface area contributed by atoms with E-state index >= 15 is 0 Å². The van der Waals surface area contributed by atoms with Gasteiger partial charge in [-0.15, -0.1) is 0 Å². The van der Waals surface area contributed by atoms with E-state index in [2.05, 4.69) is 10.6 Å². The number of aromatic nitrogens is 1. The first-order valence-corrected chi connectivity index (χ1v) is 4.10. The average Bonchev–Trinajstić information content (AvgIpc) is 2.53. The van der Waals surface area contributed by atoms with Crippen LogP contribution in [-0.4, -0.2) is 9.67 Å². The highest BCUT2D eigenvalue weighted by Gasteiger charge is 2.16. The molecule has 1 aliphatic rings. The first-order chi connectivity index (χ1) is 5.33. The van der Waals surface area contributed by atoms with Crippen molar-refractivity contribution in [1.82, 2.24) is 4.57 Å². The van der Waals surface area contributed by atoms with E-state index in [4.69, 9.17) is 5.11 Å². The summed E-state index contributed by atoms with van der Waals surface area (Å²) in [7, 11) is 2.04. The fraction of sp³-hybridized carbons (Fsp3) is 0.556. The smallest absolute Gasteiger partial charge is 0.0832 e. The summed E-state index contributed by atoms with van der Waals surface area (Å²) in [6, 6.07) is 2.13. The maximum Gasteiger partial charge on any atom is 0.0832 e. The van der Waals surface area contributed by atoms with Crippen molar-refractivity contribution in [3.8, 4) is 0 Å². The Bertz CT molecular complexity index is 275. The molecule has 0 spiro atoms. The monoisotopic (exact) mass is 151 g/mol. The van der Waals surface area contributed by atoms with Crippen LogP contribution in [0.5, 0.6) is 0 Å². The molecule has 60 valence electrons. The summed E-state index contributed by atoms with van der Waals surface area (Å²) in [5, 5.41) is 8.95. The van der Waals surface area contributed by atoms with E-state index in [0.717, 1.165) is 5.69 Å². The standard InChI is InChI=1S/C9H13NO/c1-10-8(6-11)5-7-3-2-4-9(7)10/h5,11H,2-4,6H2,1H3. The minimum atomic E-state index is 0.170. The van der Waals surface area contributed by atoms with Gasteiger partial charge in [0.2, 0.25) is 0 Å². The van der Waals surface area contributed by atoms with Gasteiger partial charge in [-0.05, 0) is 30.9 Å². The van der Waals surface area contributed by atoms with Crippen LogP contribution in [0, 0.1) is 0 Å². The normalized spacial score (nSPS) is 15.5. The molecule has 2 heteroatoms. The molecule has 0 fully saturated rings. The fourth-order valence-electron chi connectivity index (χ4n) is 1.91. The van der Waals surface area contributed by atoms with Crippen LogP contribution in [0.3, 0.4) is 0 Å². The predicted octanol–water partition coefficient (Wildman–Crippen LogP) is 1.01. The van der Waals surface area contributed by atoms with Crippen molar-refractivity contribution in [3.05, 3.63) is 23.0 Å². The zero-order valence-corrected chi connectivity index (χ0v) is 6.80. The Morgan fingerprint density at radius 3 is 3.00 bits per heavy atom. The molecule has 0 aliphatic heterocycles. The first-order valence-electron chi connectivity index (χ1n) is 4.10. The van der Waals surface area contributed by atoms with Crippen LogP contribution < -0.4 is 0 Å². The van der Waals surface area contributed by atoms with Gasteiger partial charge in [-0.1, -0.05) is 0 Å². The minimum absolute atomic E-state index is 0.170. The zero-order valence-electron chi connectivity index (χ0n) is 6.80. The van der Waals surface area contributed by atoms with Crippen molar-refractivity contribution in [1.29, 1.82) is 0 Å². The molecule has 0 saturated heterocycles. The summed E-state index contributed by atoms with van der Waals surface area (Å²) in [5.41, 5.74) is 3.92. The van der Waals surface area contributed by atoms with E-state index < -0.39 is 0 Å². The number of fused-ring (bicyclic) bond motifs is 1. The van der Waals surface area contributed by atoms with Gasteiger partial charge in [-0.2, -0.15) is 0 Å². The molecule has 2 nitrogen and oxygen atoms in total. The molecule has 0 radical (unpaired) electrons. The fourth-order valence-corrected chi connectivity index (χ4v) is 1.91. The number of aryl methyl sites for hydroxylation is 1. The number of hydrogen-bond acceptors (Lipinski definition) is 1. The lowest BCUT2D eigenvalue weighted by molar-refractivity contribution is 0.272. The van der Waals surface area contributed by atoms with Crippen LogP contribution in [0.4, 0.5) is 0 Å². The highest BCUT2D eigenvalue weighted by molar-refractivity contribution is 5.31. The zero-order chi connectivity index (χ0) is 7.84. The summed E-state index contributed by atoms with van der Waals surface area (Å²) in [6.45, 7) is 0.170. The van der Waals surface area contributed by atoms with Crippen molar-refractivity contribution in [2.45, 2.75) is 25.9 Å². The van der Waals surface area contributed by atoms with Crippen molar-refractivity contribution < 1.29 is 5.11 Å². The molecule has 1 aromatic heterocycles. The van der Waals surface area contributed by atoms with Gasteiger partial charge in [-0.25, -0.2) is 0 Å². The summed E-state index contributed by atoms with van der Waals surface area (Å²) >= 11 is 0. The van der Waals surface area contributed by atoms with Crippen LogP contribution >= 0.6 is 0 Å². The second-order valence-corrected chi connectivity index (χ2v) is 3.18. The van der Waals surface area contributed by atoms with E-state index in [1.165, 1.54) is 30.5 Å². The molecular weight excluding hydrogens is 138 g/mol. The molecule has 1 aromatic rings. The van der Waals surface area contributed by atoms with Gasteiger partial charge >= 0.3 is 0 Å². The Balaban J connectivity index is 2.49. The summed E-state index contributed by atoms with van der Waals surface area (Å²) in [4.78, 5) is 0. The summed E-state index contributed by atoms with van der Waals surface area (Å²) < 4.78 is 2.13. The van der Waals surface area contributed by atoms with E-state index in [1.807, 2.05) is 7.05 Å². The number of nitrogens with zero attached hydrogens (tertiary/aromatic N) is 1. The number of aliphatic hydroxyl groups is 1. The van der Waals surface area contributed by atoms with Crippen molar-refractivity contribution in [2.75, 3.05) is 0 Å². The molecule has 0 atom stereocenters. The number of hydrogen-bond donors (Lipinski definition) is 1. The first kappa shape index (κ1) is 6.92. The molecule has 1 N–H and O–H groups in total. The maximum atomic E-state index is 8.95. The lowest BCUT2D eigenvalue weighted by Gasteiger charge is -2.01. The Morgan fingerprint density at radius 2 is 2.36 bits per heavy atom. The average molecular weight is 151 g/mol.